The van der Waals surface area contributed by atoms with E-state index in [0.717, 1.165) is 23.3 Å². The van der Waals surface area contributed by atoms with Crippen molar-refractivity contribution in [2.75, 3.05) is 5.32 Å². The molecule has 2 aromatic heterocycles. The topological polar surface area (TPSA) is 103 Å². The zero-order valence-corrected chi connectivity index (χ0v) is 14.3. The number of anilines is 1. The first-order valence-corrected chi connectivity index (χ1v) is 8.14. The normalized spacial score (nSPS) is 11.0. The van der Waals surface area contributed by atoms with Crippen LogP contribution in [0.25, 0.3) is 16.7 Å². The van der Waals surface area contributed by atoms with Crippen LogP contribution in [0.5, 0.6) is 0 Å². The number of benzene rings is 2. The number of fused-ring (bicyclic) bond motifs is 1. The molecule has 2 aromatic carbocycles. The van der Waals surface area contributed by atoms with E-state index in [1.165, 1.54) is 6.33 Å². The van der Waals surface area contributed by atoms with E-state index in [-0.39, 0.29) is 5.91 Å². The van der Waals surface area contributed by atoms with Crippen LogP contribution in [0, 0.1) is 6.92 Å². The Morgan fingerprint density at radius 2 is 2.04 bits per heavy atom. The Morgan fingerprint density at radius 1 is 1.15 bits per heavy atom. The van der Waals surface area contributed by atoms with Gasteiger partial charge in [-0.1, -0.05) is 5.21 Å². The molecule has 0 saturated heterocycles. The van der Waals surface area contributed by atoms with E-state index in [0.29, 0.717) is 16.8 Å². The zero-order valence-electron chi connectivity index (χ0n) is 14.3. The smallest absolute Gasteiger partial charge is 0.255 e. The molecule has 0 atom stereocenters. The molecule has 0 fully saturated rings. The van der Waals surface area contributed by atoms with Crippen molar-refractivity contribution in [2.24, 2.45) is 0 Å². The second kappa shape index (κ2) is 6.36. The van der Waals surface area contributed by atoms with Gasteiger partial charge < -0.3 is 5.32 Å². The molecule has 2 heterocycles. The fourth-order valence-corrected chi connectivity index (χ4v) is 2.81. The summed E-state index contributed by atoms with van der Waals surface area (Å²) in [6.45, 7) is 4.66. The number of aryl methyl sites for hydroxylation is 2. The summed E-state index contributed by atoms with van der Waals surface area (Å²) in [7, 11) is 0. The van der Waals surface area contributed by atoms with Gasteiger partial charge in [-0.3, -0.25) is 4.79 Å². The lowest BCUT2D eigenvalue weighted by Crippen LogP contribution is -2.12. The highest BCUT2D eigenvalue weighted by Crippen LogP contribution is 2.19. The van der Waals surface area contributed by atoms with Crippen LogP contribution in [-0.2, 0) is 6.54 Å². The molecular formula is C17H16N8O. The number of aromatic nitrogens is 7. The van der Waals surface area contributed by atoms with Crippen molar-refractivity contribution >= 4 is 22.6 Å². The molecule has 1 N–H and O–H groups in total. The lowest BCUT2D eigenvalue weighted by Gasteiger charge is -2.09. The summed E-state index contributed by atoms with van der Waals surface area (Å²) in [6.07, 6.45) is 1.53. The molecule has 26 heavy (non-hydrogen) atoms. The van der Waals surface area contributed by atoms with Crippen LogP contribution in [0.4, 0.5) is 5.69 Å². The first kappa shape index (κ1) is 15.9. The highest BCUT2D eigenvalue weighted by Gasteiger charge is 2.11. The molecule has 0 radical (unpaired) electrons. The minimum atomic E-state index is -0.201. The molecule has 1 amide bonds. The molecule has 0 aliphatic carbocycles. The van der Waals surface area contributed by atoms with Crippen LogP contribution >= 0.6 is 0 Å². The van der Waals surface area contributed by atoms with Crippen molar-refractivity contribution in [3.8, 4) is 5.69 Å². The molecule has 0 bridgehead atoms. The minimum Gasteiger partial charge on any atom is -0.322 e. The summed E-state index contributed by atoms with van der Waals surface area (Å²) in [5.41, 5.74) is 4.63. The molecule has 9 nitrogen and oxygen atoms in total. The van der Waals surface area contributed by atoms with Gasteiger partial charge in [0.15, 0.2) is 0 Å². The number of nitrogens with zero attached hydrogens (tertiary/aromatic N) is 7. The van der Waals surface area contributed by atoms with Gasteiger partial charge in [0, 0.05) is 17.8 Å². The van der Waals surface area contributed by atoms with E-state index < -0.39 is 0 Å². The molecule has 0 unspecified atom stereocenters. The third-order valence-corrected chi connectivity index (χ3v) is 4.13. The SMILES string of the molecule is CCn1nnc2cc(C(=O)Nc3ccc(-n4cnnn4)c(C)c3)ccc21. The molecular weight excluding hydrogens is 332 g/mol. The van der Waals surface area contributed by atoms with Crippen molar-refractivity contribution in [1.82, 2.24) is 35.2 Å². The average Bonchev–Trinajstić information content (AvgIpc) is 3.30. The zero-order chi connectivity index (χ0) is 18.1. The highest BCUT2D eigenvalue weighted by atomic mass is 16.1. The number of hydrogen-bond acceptors (Lipinski definition) is 6. The quantitative estimate of drug-likeness (QED) is 0.605. The highest BCUT2D eigenvalue weighted by molar-refractivity contribution is 6.06. The minimum absolute atomic E-state index is 0.201. The molecule has 9 heteroatoms. The second-order valence-corrected chi connectivity index (χ2v) is 5.82. The van der Waals surface area contributed by atoms with Crippen LogP contribution < -0.4 is 5.32 Å². The Kier molecular flexibility index (Phi) is 3.88. The van der Waals surface area contributed by atoms with Gasteiger partial charge in [0.2, 0.25) is 0 Å². The van der Waals surface area contributed by atoms with Gasteiger partial charge in [-0.25, -0.2) is 9.36 Å². The first-order chi connectivity index (χ1) is 12.7. The Balaban J connectivity index is 1.57. The number of tetrazole rings is 1. The molecule has 0 saturated carbocycles. The summed E-state index contributed by atoms with van der Waals surface area (Å²) >= 11 is 0. The van der Waals surface area contributed by atoms with Crippen molar-refractivity contribution in [2.45, 2.75) is 20.4 Å². The van der Waals surface area contributed by atoms with Gasteiger partial charge in [-0.2, -0.15) is 0 Å². The lowest BCUT2D eigenvalue weighted by molar-refractivity contribution is 0.102. The van der Waals surface area contributed by atoms with Gasteiger partial charge >= 0.3 is 0 Å². The van der Waals surface area contributed by atoms with Crippen LogP contribution in [-0.4, -0.2) is 41.1 Å². The number of rotatable bonds is 4. The first-order valence-electron chi connectivity index (χ1n) is 8.14. The van der Waals surface area contributed by atoms with E-state index >= 15 is 0 Å². The molecule has 130 valence electrons. The molecule has 0 aliphatic heterocycles. The van der Waals surface area contributed by atoms with Crippen LogP contribution in [0.15, 0.2) is 42.7 Å². The molecule has 0 aliphatic rings. The molecule has 0 spiro atoms. The monoisotopic (exact) mass is 348 g/mol. The van der Waals surface area contributed by atoms with Gasteiger partial charge in [-0.05, 0) is 66.2 Å². The fraction of sp³-hybridized carbons (Fsp3) is 0.176. The lowest BCUT2D eigenvalue weighted by atomic mass is 10.1. The Hall–Kier alpha value is -3.62. The van der Waals surface area contributed by atoms with Gasteiger partial charge in [0.1, 0.15) is 11.8 Å². The van der Waals surface area contributed by atoms with Crippen molar-refractivity contribution < 1.29 is 4.79 Å². The van der Waals surface area contributed by atoms with Gasteiger partial charge in [0.25, 0.3) is 5.91 Å². The molecule has 4 aromatic rings. The predicted molar refractivity (Wildman–Crippen MR) is 95.0 cm³/mol. The number of nitrogens with one attached hydrogen (secondary N) is 1. The van der Waals surface area contributed by atoms with Gasteiger partial charge in [0.05, 0.1) is 11.2 Å². The average molecular weight is 348 g/mol. The number of carbonyl (C=O) groups excluding carboxylic acids is 1. The summed E-state index contributed by atoms with van der Waals surface area (Å²) in [5, 5.41) is 22.2. The Labute approximate surface area is 148 Å². The summed E-state index contributed by atoms with van der Waals surface area (Å²) in [6, 6.07) is 10.9. The van der Waals surface area contributed by atoms with Crippen molar-refractivity contribution in [1.29, 1.82) is 0 Å². The summed E-state index contributed by atoms with van der Waals surface area (Å²) in [4.78, 5) is 12.6. The maximum atomic E-state index is 12.6. The van der Waals surface area contributed by atoms with E-state index in [4.69, 9.17) is 0 Å². The van der Waals surface area contributed by atoms with Crippen LogP contribution in [0.2, 0.25) is 0 Å². The third-order valence-electron chi connectivity index (χ3n) is 4.13. The third kappa shape index (κ3) is 2.79. The van der Waals surface area contributed by atoms with E-state index in [2.05, 4.69) is 31.2 Å². The summed E-state index contributed by atoms with van der Waals surface area (Å²) in [5.74, 6) is -0.201. The Morgan fingerprint density at radius 3 is 2.77 bits per heavy atom. The number of carbonyl (C=O) groups is 1. The van der Waals surface area contributed by atoms with E-state index in [9.17, 15) is 4.79 Å². The molecule has 4 rings (SSSR count). The van der Waals surface area contributed by atoms with Gasteiger partial charge in [-0.15, -0.1) is 10.2 Å². The van der Waals surface area contributed by atoms with E-state index in [1.54, 1.807) is 21.5 Å². The maximum Gasteiger partial charge on any atom is 0.255 e. The van der Waals surface area contributed by atoms with Crippen molar-refractivity contribution in [3.63, 3.8) is 0 Å². The fourth-order valence-electron chi connectivity index (χ4n) is 2.81. The predicted octanol–water partition coefficient (Wildman–Crippen LogP) is 1.99. The van der Waals surface area contributed by atoms with Crippen LogP contribution in [0.3, 0.4) is 0 Å². The second-order valence-electron chi connectivity index (χ2n) is 5.82. The summed E-state index contributed by atoms with van der Waals surface area (Å²) < 4.78 is 3.37. The van der Waals surface area contributed by atoms with E-state index in [1.807, 2.05) is 38.1 Å². The standard InChI is InChI=1S/C17H16N8O/c1-3-24-16-6-4-12(9-14(16)20-22-24)17(26)19-13-5-7-15(11(2)8-13)25-10-18-21-23-25/h4-10H,3H2,1-2H3,(H,19,26). The maximum absolute atomic E-state index is 12.6. The van der Waals surface area contributed by atoms with Crippen molar-refractivity contribution in [3.05, 3.63) is 53.9 Å². The van der Waals surface area contributed by atoms with Crippen LogP contribution in [0.1, 0.15) is 22.8 Å². The number of amides is 1. The largest absolute Gasteiger partial charge is 0.322 e. The Bertz CT molecular complexity index is 1080. The number of hydrogen-bond donors (Lipinski definition) is 1.